The Labute approximate surface area is 153 Å². The van der Waals surface area contributed by atoms with E-state index >= 15 is 0 Å². The third-order valence-electron chi connectivity index (χ3n) is 5.09. The number of nitrogens with zero attached hydrogens (tertiary/aromatic N) is 2. The Morgan fingerprint density at radius 2 is 1.77 bits per heavy atom. The highest BCUT2D eigenvalue weighted by Crippen LogP contribution is 2.23. The lowest BCUT2D eigenvalue weighted by atomic mass is 9.97. The highest BCUT2D eigenvalue weighted by atomic mass is 32.2. The molecule has 2 aliphatic rings. The molecule has 0 radical (unpaired) electrons. The van der Waals surface area contributed by atoms with Gasteiger partial charge in [0, 0.05) is 31.7 Å². The SMILES string of the molecule is O=C(O)C1CCCN(C(=O)c2cccc(S(=O)(=O)N3CCCCC3)c2)C1. The quantitative estimate of drug-likeness (QED) is 0.859. The van der Waals surface area contributed by atoms with Gasteiger partial charge in [0.1, 0.15) is 0 Å². The van der Waals surface area contributed by atoms with Crippen molar-refractivity contribution in [2.45, 2.75) is 37.0 Å². The van der Waals surface area contributed by atoms with Gasteiger partial charge in [0.2, 0.25) is 10.0 Å². The molecule has 1 atom stereocenters. The predicted molar refractivity (Wildman–Crippen MR) is 95.3 cm³/mol. The number of sulfonamides is 1. The number of piperidine rings is 2. The Morgan fingerprint density at radius 1 is 1.04 bits per heavy atom. The standard InChI is InChI=1S/C18H24N2O5S/c21-17(19-9-5-7-15(13-19)18(22)23)14-6-4-8-16(12-14)26(24,25)20-10-2-1-3-11-20/h4,6,8,12,15H,1-3,5,7,9-11,13H2,(H,22,23). The zero-order valence-electron chi connectivity index (χ0n) is 14.6. The molecule has 1 aromatic rings. The number of carbonyl (C=O) groups excluding carboxylic acids is 1. The molecule has 142 valence electrons. The lowest BCUT2D eigenvalue weighted by Gasteiger charge is -2.31. The number of carboxylic acid groups (broad SMARTS) is 1. The monoisotopic (exact) mass is 380 g/mol. The van der Waals surface area contributed by atoms with Crippen LogP contribution in [-0.2, 0) is 14.8 Å². The molecule has 0 bridgehead atoms. The summed E-state index contributed by atoms with van der Waals surface area (Å²) in [5.74, 6) is -1.77. The fourth-order valence-electron chi connectivity index (χ4n) is 3.59. The number of hydrogen-bond acceptors (Lipinski definition) is 4. The van der Waals surface area contributed by atoms with Gasteiger partial charge in [-0.3, -0.25) is 9.59 Å². The van der Waals surface area contributed by atoms with E-state index in [9.17, 15) is 23.1 Å². The summed E-state index contributed by atoms with van der Waals surface area (Å²) in [6, 6.07) is 6.08. The third kappa shape index (κ3) is 3.91. The summed E-state index contributed by atoms with van der Waals surface area (Å²) in [5, 5.41) is 9.18. The first-order valence-corrected chi connectivity index (χ1v) is 10.5. The van der Waals surface area contributed by atoms with E-state index < -0.39 is 21.9 Å². The van der Waals surface area contributed by atoms with Gasteiger partial charge in [0.25, 0.3) is 5.91 Å². The maximum atomic E-state index is 12.8. The summed E-state index contributed by atoms with van der Waals surface area (Å²) < 4.78 is 27.1. The maximum absolute atomic E-state index is 12.8. The van der Waals surface area contributed by atoms with Gasteiger partial charge in [-0.05, 0) is 43.9 Å². The first-order chi connectivity index (χ1) is 12.4. The normalized spacial score (nSPS) is 22.2. The number of hydrogen-bond donors (Lipinski definition) is 1. The van der Waals surface area contributed by atoms with E-state index in [-0.39, 0.29) is 22.9 Å². The number of amides is 1. The van der Waals surface area contributed by atoms with Gasteiger partial charge >= 0.3 is 5.97 Å². The summed E-state index contributed by atoms with van der Waals surface area (Å²) in [6.07, 6.45) is 3.92. The van der Waals surface area contributed by atoms with Crippen molar-refractivity contribution in [2.24, 2.45) is 5.92 Å². The van der Waals surface area contributed by atoms with E-state index in [1.807, 2.05) is 0 Å². The van der Waals surface area contributed by atoms with Gasteiger partial charge in [0.05, 0.1) is 10.8 Å². The molecule has 2 fully saturated rings. The van der Waals surface area contributed by atoms with E-state index in [2.05, 4.69) is 0 Å². The van der Waals surface area contributed by atoms with Gasteiger partial charge in [-0.15, -0.1) is 0 Å². The molecule has 3 rings (SSSR count). The minimum Gasteiger partial charge on any atom is -0.481 e. The Hall–Kier alpha value is -1.93. The molecule has 7 nitrogen and oxygen atoms in total. The molecular formula is C18H24N2O5S. The number of carboxylic acids is 1. The molecule has 2 heterocycles. The summed E-state index contributed by atoms with van der Waals surface area (Å²) in [6.45, 7) is 1.67. The summed E-state index contributed by atoms with van der Waals surface area (Å²) in [5.41, 5.74) is 0.286. The number of rotatable bonds is 4. The molecule has 26 heavy (non-hydrogen) atoms. The lowest BCUT2D eigenvalue weighted by Crippen LogP contribution is -2.42. The molecule has 0 aromatic heterocycles. The van der Waals surface area contributed by atoms with Crippen LogP contribution in [0.25, 0.3) is 0 Å². The first kappa shape index (κ1) is 18.8. The minimum atomic E-state index is -3.60. The molecule has 1 unspecified atom stereocenters. The smallest absolute Gasteiger partial charge is 0.308 e. The van der Waals surface area contributed by atoms with Crippen LogP contribution in [0.5, 0.6) is 0 Å². The fraction of sp³-hybridized carbons (Fsp3) is 0.556. The third-order valence-corrected chi connectivity index (χ3v) is 6.99. The van der Waals surface area contributed by atoms with Crippen molar-refractivity contribution in [3.63, 3.8) is 0 Å². The van der Waals surface area contributed by atoms with Crippen LogP contribution in [0.15, 0.2) is 29.2 Å². The van der Waals surface area contributed by atoms with E-state index in [4.69, 9.17) is 0 Å². The predicted octanol–water partition coefficient (Wildman–Crippen LogP) is 1.80. The Balaban J connectivity index is 1.80. The van der Waals surface area contributed by atoms with Crippen molar-refractivity contribution in [2.75, 3.05) is 26.2 Å². The van der Waals surface area contributed by atoms with Crippen LogP contribution in [0.4, 0.5) is 0 Å². The molecule has 0 aliphatic carbocycles. The highest BCUT2D eigenvalue weighted by molar-refractivity contribution is 7.89. The molecule has 1 N–H and O–H groups in total. The van der Waals surface area contributed by atoms with Crippen molar-refractivity contribution in [1.29, 1.82) is 0 Å². The second kappa shape index (κ2) is 7.75. The van der Waals surface area contributed by atoms with Crippen molar-refractivity contribution in [3.05, 3.63) is 29.8 Å². The number of carbonyl (C=O) groups is 2. The summed E-state index contributed by atoms with van der Waals surface area (Å²) in [4.78, 5) is 25.6. The second-order valence-corrected chi connectivity index (χ2v) is 8.86. The number of benzene rings is 1. The first-order valence-electron chi connectivity index (χ1n) is 9.02. The van der Waals surface area contributed by atoms with E-state index in [0.717, 1.165) is 19.3 Å². The fourth-order valence-corrected chi connectivity index (χ4v) is 5.15. The van der Waals surface area contributed by atoms with Crippen molar-refractivity contribution < 1.29 is 23.1 Å². The molecule has 0 saturated carbocycles. The van der Waals surface area contributed by atoms with Crippen molar-refractivity contribution >= 4 is 21.9 Å². The molecule has 0 spiro atoms. The molecule has 8 heteroatoms. The average molecular weight is 380 g/mol. The summed E-state index contributed by atoms with van der Waals surface area (Å²) in [7, 11) is -3.60. The largest absolute Gasteiger partial charge is 0.481 e. The minimum absolute atomic E-state index is 0.122. The second-order valence-electron chi connectivity index (χ2n) is 6.92. The summed E-state index contributed by atoms with van der Waals surface area (Å²) >= 11 is 0. The van der Waals surface area contributed by atoms with Crippen LogP contribution in [-0.4, -0.2) is 60.8 Å². The molecule has 2 saturated heterocycles. The molecule has 1 amide bonds. The topological polar surface area (TPSA) is 95.0 Å². The highest BCUT2D eigenvalue weighted by Gasteiger charge is 2.30. The van der Waals surface area contributed by atoms with Gasteiger partial charge in [-0.1, -0.05) is 12.5 Å². The van der Waals surface area contributed by atoms with Gasteiger partial charge < -0.3 is 10.0 Å². The van der Waals surface area contributed by atoms with Gasteiger partial charge in [-0.25, -0.2) is 8.42 Å². The molecule has 1 aromatic carbocycles. The van der Waals surface area contributed by atoms with Crippen LogP contribution in [0.3, 0.4) is 0 Å². The van der Waals surface area contributed by atoms with Crippen LogP contribution in [0.1, 0.15) is 42.5 Å². The van der Waals surface area contributed by atoms with E-state index in [1.165, 1.54) is 21.3 Å². The lowest BCUT2D eigenvalue weighted by molar-refractivity contribution is -0.143. The molecule has 2 aliphatic heterocycles. The Morgan fingerprint density at radius 3 is 2.46 bits per heavy atom. The zero-order chi connectivity index (χ0) is 18.7. The Kier molecular flexibility index (Phi) is 5.62. The Bertz CT molecular complexity index is 787. The van der Waals surface area contributed by atoms with E-state index in [0.29, 0.717) is 32.5 Å². The van der Waals surface area contributed by atoms with Crippen molar-refractivity contribution in [3.8, 4) is 0 Å². The van der Waals surface area contributed by atoms with Crippen LogP contribution >= 0.6 is 0 Å². The van der Waals surface area contributed by atoms with E-state index in [1.54, 1.807) is 12.1 Å². The van der Waals surface area contributed by atoms with Gasteiger partial charge in [-0.2, -0.15) is 4.31 Å². The maximum Gasteiger partial charge on any atom is 0.308 e. The van der Waals surface area contributed by atoms with Crippen LogP contribution < -0.4 is 0 Å². The zero-order valence-corrected chi connectivity index (χ0v) is 15.5. The number of likely N-dealkylation sites (tertiary alicyclic amines) is 1. The van der Waals surface area contributed by atoms with Crippen LogP contribution in [0.2, 0.25) is 0 Å². The van der Waals surface area contributed by atoms with Crippen molar-refractivity contribution in [1.82, 2.24) is 9.21 Å². The van der Waals surface area contributed by atoms with Crippen LogP contribution in [0, 0.1) is 5.92 Å². The van der Waals surface area contributed by atoms with Gasteiger partial charge in [0.15, 0.2) is 0 Å². The average Bonchev–Trinajstić information content (AvgIpc) is 2.68. The number of aliphatic carboxylic acids is 1. The molecular weight excluding hydrogens is 356 g/mol.